The van der Waals surface area contributed by atoms with Crippen molar-refractivity contribution < 1.29 is 9.53 Å². The normalized spacial score (nSPS) is 27.0. The Morgan fingerprint density at radius 3 is 2.61 bits per heavy atom. The highest BCUT2D eigenvalue weighted by atomic mass is 16.5. The van der Waals surface area contributed by atoms with Gasteiger partial charge in [0.2, 0.25) is 0 Å². The SMILES string of the molecule is COC(=O)[C@]1(C)CCC[C@]2(C)c3ccc(C(C)C)cc3-c3[nH]c4ccc(C)cc4c3C12. The molecular formula is C28H33NO2. The number of H-pyrrole nitrogens is 1. The van der Waals surface area contributed by atoms with E-state index in [-0.39, 0.29) is 17.3 Å². The first-order chi connectivity index (χ1) is 14.7. The maximum atomic E-state index is 13.2. The van der Waals surface area contributed by atoms with E-state index in [1.165, 1.54) is 46.0 Å². The highest BCUT2D eigenvalue weighted by Gasteiger charge is 2.58. The van der Waals surface area contributed by atoms with Crippen LogP contribution in [0, 0.1) is 12.3 Å². The van der Waals surface area contributed by atoms with Crippen LogP contribution in [0.3, 0.4) is 0 Å². The van der Waals surface area contributed by atoms with Crippen LogP contribution in [0.25, 0.3) is 22.2 Å². The third kappa shape index (κ3) is 2.68. The number of esters is 1. The summed E-state index contributed by atoms with van der Waals surface area (Å²) in [6.07, 6.45) is 2.97. The molecule has 31 heavy (non-hydrogen) atoms. The van der Waals surface area contributed by atoms with Crippen LogP contribution in [0.5, 0.6) is 0 Å². The molecule has 1 fully saturated rings. The Kier molecular flexibility index (Phi) is 4.41. The Labute approximate surface area is 185 Å². The zero-order chi connectivity index (χ0) is 22.1. The summed E-state index contributed by atoms with van der Waals surface area (Å²) in [7, 11) is 1.53. The lowest BCUT2D eigenvalue weighted by Gasteiger charge is -2.54. The van der Waals surface area contributed by atoms with Crippen LogP contribution in [0.4, 0.5) is 0 Å². The van der Waals surface area contributed by atoms with Crippen LogP contribution in [0.1, 0.15) is 81.0 Å². The van der Waals surface area contributed by atoms with Gasteiger partial charge in [0.25, 0.3) is 0 Å². The Bertz CT molecular complexity index is 1200. The molecule has 1 saturated carbocycles. The van der Waals surface area contributed by atoms with E-state index in [1.54, 1.807) is 0 Å². The van der Waals surface area contributed by atoms with Crippen molar-refractivity contribution in [1.82, 2.24) is 4.98 Å². The Morgan fingerprint density at radius 2 is 1.90 bits per heavy atom. The lowest BCUT2D eigenvalue weighted by molar-refractivity contribution is -0.157. The molecule has 3 nitrogen and oxygen atoms in total. The van der Waals surface area contributed by atoms with E-state index < -0.39 is 5.41 Å². The Balaban J connectivity index is 1.90. The first-order valence-electron chi connectivity index (χ1n) is 11.6. The molecule has 5 rings (SSSR count). The monoisotopic (exact) mass is 415 g/mol. The van der Waals surface area contributed by atoms with Gasteiger partial charge in [0.1, 0.15) is 0 Å². The number of fused-ring (bicyclic) bond motifs is 8. The van der Waals surface area contributed by atoms with Crippen LogP contribution < -0.4 is 0 Å². The van der Waals surface area contributed by atoms with Crippen LogP contribution in [-0.4, -0.2) is 18.1 Å². The summed E-state index contributed by atoms with van der Waals surface area (Å²) in [5.74, 6) is 0.459. The zero-order valence-electron chi connectivity index (χ0n) is 19.6. The second kappa shape index (κ2) is 6.72. The van der Waals surface area contributed by atoms with Crippen LogP contribution in [-0.2, 0) is 14.9 Å². The summed E-state index contributed by atoms with van der Waals surface area (Å²) >= 11 is 0. The lowest BCUT2D eigenvalue weighted by atomic mass is 9.49. The highest BCUT2D eigenvalue weighted by Crippen LogP contribution is 2.64. The smallest absolute Gasteiger partial charge is 0.312 e. The number of carbonyl (C=O) groups is 1. The third-order valence-electron chi connectivity index (χ3n) is 8.20. The molecule has 0 saturated heterocycles. The summed E-state index contributed by atoms with van der Waals surface area (Å²) in [6, 6.07) is 13.6. The number of nitrogens with one attached hydrogen (secondary N) is 1. The standard InChI is InChI=1S/C28H33NO2/c1-16(2)18-9-10-21-19(15-18)24-23(20-14-17(3)8-11-22(20)29-24)25-27(21,4)12-7-13-28(25,5)26(30)31-6/h8-11,14-16,25,29H,7,12-13H2,1-6H3/t25?,27-,28-/m1/s1. The highest BCUT2D eigenvalue weighted by molar-refractivity contribution is 5.96. The van der Waals surface area contributed by atoms with Crippen molar-refractivity contribution in [1.29, 1.82) is 0 Å². The van der Waals surface area contributed by atoms with Crippen LogP contribution in [0.15, 0.2) is 36.4 Å². The van der Waals surface area contributed by atoms with Gasteiger partial charge in [0, 0.05) is 27.8 Å². The second-order valence-electron chi connectivity index (χ2n) is 10.5. The van der Waals surface area contributed by atoms with Gasteiger partial charge >= 0.3 is 5.97 Å². The average molecular weight is 416 g/mol. The van der Waals surface area contributed by atoms with Gasteiger partial charge in [-0.2, -0.15) is 0 Å². The quantitative estimate of drug-likeness (QED) is 0.459. The zero-order valence-corrected chi connectivity index (χ0v) is 19.6. The maximum absolute atomic E-state index is 13.2. The molecule has 1 heterocycles. The summed E-state index contributed by atoms with van der Waals surface area (Å²) < 4.78 is 5.40. The molecule has 1 unspecified atom stereocenters. The Hall–Kier alpha value is -2.55. The average Bonchev–Trinajstić information content (AvgIpc) is 3.11. The molecule has 3 aromatic rings. The predicted molar refractivity (Wildman–Crippen MR) is 127 cm³/mol. The molecule has 162 valence electrons. The Morgan fingerprint density at radius 1 is 1.13 bits per heavy atom. The van der Waals surface area contributed by atoms with E-state index in [0.717, 1.165) is 24.8 Å². The van der Waals surface area contributed by atoms with Crippen molar-refractivity contribution >= 4 is 16.9 Å². The van der Waals surface area contributed by atoms with E-state index in [1.807, 2.05) is 0 Å². The fourth-order valence-corrected chi connectivity index (χ4v) is 6.66. The summed E-state index contributed by atoms with van der Waals surface area (Å²) in [5, 5.41) is 1.25. The molecule has 0 aliphatic heterocycles. The van der Waals surface area contributed by atoms with Crippen molar-refractivity contribution in [2.45, 2.75) is 71.1 Å². The maximum Gasteiger partial charge on any atom is 0.312 e. The third-order valence-corrected chi connectivity index (χ3v) is 8.20. The number of carbonyl (C=O) groups excluding carboxylic acids is 1. The summed E-state index contributed by atoms with van der Waals surface area (Å²) in [4.78, 5) is 17.0. The van der Waals surface area contributed by atoms with E-state index in [0.29, 0.717) is 5.92 Å². The van der Waals surface area contributed by atoms with Gasteiger partial charge in [0.15, 0.2) is 0 Å². The molecule has 2 aliphatic rings. The van der Waals surface area contributed by atoms with Crippen molar-refractivity contribution in [3.8, 4) is 11.3 Å². The van der Waals surface area contributed by atoms with E-state index in [4.69, 9.17) is 4.74 Å². The van der Waals surface area contributed by atoms with E-state index >= 15 is 0 Å². The minimum absolute atomic E-state index is 0.0733. The lowest BCUT2D eigenvalue weighted by Crippen LogP contribution is -2.50. The molecule has 0 amide bonds. The molecule has 1 N–H and O–H groups in total. The van der Waals surface area contributed by atoms with Gasteiger partial charge in [-0.15, -0.1) is 0 Å². The number of methoxy groups -OCH3 is 1. The van der Waals surface area contributed by atoms with Crippen molar-refractivity contribution in [3.05, 3.63) is 58.7 Å². The van der Waals surface area contributed by atoms with Crippen LogP contribution >= 0.6 is 0 Å². The molecule has 3 atom stereocenters. The molecule has 0 radical (unpaired) electrons. The molecule has 2 aromatic carbocycles. The van der Waals surface area contributed by atoms with Crippen LogP contribution in [0.2, 0.25) is 0 Å². The van der Waals surface area contributed by atoms with Gasteiger partial charge in [0.05, 0.1) is 18.2 Å². The minimum atomic E-state index is -0.552. The minimum Gasteiger partial charge on any atom is -0.469 e. The number of benzene rings is 2. The number of rotatable bonds is 2. The topological polar surface area (TPSA) is 42.1 Å². The van der Waals surface area contributed by atoms with Gasteiger partial charge < -0.3 is 9.72 Å². The van der Waals surface area contributed by atoms with Gasteiger partial charge in [-0.3, -0.25) is 4.79 Å². The number of ether oxygens (including phenoxy) is 1. The number of hydrogen-bond donors (Lipinski definition) is 1. The van der Waals surface area contributed by atoms with Crippen molar-refractivity contribution in [3.63, 3.8) is 0 Å². The molecule has 1 aromatic heterocycles. The van der Waals surface area contributed by atoms with E-state index in [9.17, 15) is 4.79 Å². The largest absolute Gasteiger partial charge is 0.469 e. The van der Waals surface area contributed by atoms with Gasteiger partial charge in [-0.25, -0.2) is 0 Å². The molecule has 0 bridgehead atoms. The number of aryl methyl sites for hydroxylation is 1. The summed E-state index contributed by atoms with van der Waals surface area (Å²) in [5.41, 5.74) is 8.26. The number of aromatic amines is 1. The number of aromatic nitrogens is 1. The first kappa shape index (κ1) is 20.4. The van der Waals surface area contributed by atoms with E-state index in [2.05, 4.69) is 76.0 Å². The fraction of sp³-hybridized carbons (Fsp3) is 0.464. The second-order valence-corrected chi connectivity index (χ2v) is 10.5. The molecule has 0 spiro atoms. The molecule has 3 heteroatoms. The molecular weight excluding hydrogens is 382 g/mol. The number of hydrogen-bond acceptors (Lipinski definition) is 2. The van der Waals surface area contributed by atoms with Gasteiger partial charge in [-0.05, 0) is 67.5 Å². The first-order valence-corrected chi connectivity index (χ1v) is 11.6. The van der Waals surface area contributed by atoms with Crippen molar-refractivity contribution in [2.75, 3.05) is 7.11 Å². The predicted octanol–water partition coefficient (Wildman–Crippen LogP) is 6.98. The summed E-state index contributed by atoms with van der Waals surface area (Å²) in [6.45, 7) is 11.2. The van der Waals surface area contributed by atoms with Crippen molar-refractivity contribution in [2.24, 2.45) is 5.41 Å². The molecule has 2 aliphatic carbocycles. The fourth-order valence-electron chi connectivity index (χ4n) is 6.66. The van der Waals surface area contributed by atoms with Gasteiger partial charge in [-0.1, -0.05) is 51.0 Å².